The van der Waals surface area contributed by atoms with Crippen LogP contribution in [0.4, 0.5) is 0 Å². The molecule has 0 unspecified atom stereocenters. The standard InChI is InChI=1S/C17H23OSi.2ClH.Ti/c1-17(2,3)18-15-12-8-9-13-16(15)19(4,5)14-10-6-7-11-14;;;/h6,8-10,12-13H,7H2,1-5H3;2*1H;/q-1;;;. The molecule has 1 nitrogen and oxygen atoms in total. The average molecular weight is 392 g/mol. The smallest absolute Gasteiger partial charge is 0.119 e. The fraction of sp³-hybridized carbons (Fsp3) is 0.412. The number of hydrogen-bond donors (Lipinski definition) is 0. The first-order valence-corrected chi connectivity index (χ1v) is 9.87. The van der Waals surface area contributed by atoms with E-state index < -0.39 is 8.07 Å². The Kier molecular flexibility index (Phi) is 10.3. The molecular formula is C17H25Cl2OSiTi-. The summed E-state index contributed by atoms with van der Waals surface area (Å²) < 4.78 is 6.15. The first kappa shape index (κ1) is 24.3. The van der Waals surface area contributed by atoms with Crippen LogP contribution in [0.3, 0.4) is 0 Å². The van der Waals surface area contributed by atoms with Crippen molar-refractivity contribution in [3.63, 3.8) is 0 Å². The molecule has 0 radical (unpaired) electrons. The van der Waals surface area contributed by atoms with Gasteiger partial charge >= 0.3 is 0 Å². The van der Waals surface area contributed by atoms with Crippen LogP contribution in [0, 0.1) is 6.08 Å². The number of halogens is 2. The van der Waals surface area contributed by atoms with Gasteiger partial charge in [-0.1, -0.05) is 31.3 Å². The maximum atomic E-state index is 6.15. The number of ether oxygens (including phenoxy) is 1. The SMILES string of the molecule is CC(C)(C)Oc1ccccc1[Si](C)(C)C1=[C-]CC=C1.Cl.Cl.[Ti]. The van der Waals surface area contributed by atoms with Gasteiger partial charge in [-0.05, 0) is 32.0 Å². The second kappa shape index (κ2) is 9.34. The second-order valence-corrected chi connectivity index (χ2v) is 10.9. The number of rotatable bonds is 3. The number of para-hydroxylation sites is 1. The Morgan fingerprint density at radius 3 is 2.18 bits per heavy atom. The fourth-order valence-corrected chi connectivity index (χ4v) is 5.01. The van der Waals surface area contributed by atoms with E-state index in [1.165, 1.54) is 10.4 Å². The number of allylic oxidation sites excluding steroid dienone is 4. The van der Waals surface area contributed by atoms with Crippen molar-refractivity contribution in [1.29, 1.82) is 0 Å². The molecule has 0 heterocycles. The quantitative estimate of drug-likeness (QED) is 0.528. The van der Waals surface area contributed by atoms with E-state index in [1.807, 2.05) is 0 Å². The van der Waals surface area contributed by atoms with Gasteiger partial charge in [0.15, 0.2) is 0 Å². The van der Waals surface area contributed by atoms with Crippen molar-refractivity contribution in [1.82, 2.24) is 0 Å². The second-order valence-electron chi connectivity index (χ2n) is 6.53. The summed E-state index contributed by atoms with van der Waals surface area (Å²) in [5.41, 5.74) is -0.163. The molecule has 22 heavy (non-hydrogen) atoms. The summed E-state index contributed by atoms with van der Waals surface area (Å²) in [5.74, 6) is 1.03. The minimum Gasteiger partial charge on any atom is -0.488 e. The number of benzene rings is 1. The topological polar surface area (TPSA) is 9.23 Å². The van der Waals surface area contributed by atoms with E-state index in [9.17, 15) is 0 Å². The zero-order valence-electron chi connectivity index (χ0n) is 13.9. The minimum atomic E-state index is -1.70. The Labute approximate surface area is 163 Å². The first-order valence-electron chi connectivity index (χ1n) is 6.87. The van der Waals surface area contributed by atoms with Crippen molar-refractivity contribution in [2.75, 3.05) is 0 Å². The molecule has 5 heteroatoms. The van der Waals surface area contributed by atoms with E-state index in [1.54, 1.807) is 0 Å². The molecule has 0 spiro atoms. The summed E-state index contributed by atoms with van der Waals surface area (Å²) in [4.78, 5) is 0. The van der Waals surface area contributed by atoms with E-state index in [0.717, 1.165) is 12.2 Å². The predicted octanol–water partition coefficient (Wildman–Crippen LogP) is 4.85. The van der Waals surface area contributed by atoms with Gasteiger partial charge in [0.25, 0.3) is 0 Å². The van der Waals surface area contributed by atoms with Crippen LogP contribution in [0.15, 0.2) is 41.6 Å². The molecule has 0 aliphatic heterocycles. The van der Waals surface area contributed by atoms with Crippen LogP contribution in [0.25, 0.3) is 0 Å². The molecule has 1 aliphatic rings. The largest absolute Gasteiger partial charge is 0.488 e. The summed E-state index contributed by atoms with van der Waals surface area (Å²) in [6, 6.07) is 8.47. The molecule has 1 aromatic carbocycles. The Morgan fingerprint density at radius 1 is 1.09 bits per heavy atom. The van der Waals surface area contributed by atoms with Crippen LogP contribution in [0.1, 0.15) is 27.2 Å². The van der Waals surface area contributed by atoms with Gasteiger partial charge in [0.05, 0.1) is 8.07 Å². The summed E-state index contributed by atoms with van der Waals surface area (Å²) in [6.45, 7) is 11.0. The Hall–Kier alpha value is 0.0112. The number of hydrogen-bond acceptors (Lipinski definition) is 1. The Balaban J connectivity index is 0. The molecular weight excluding hydrogens is 367 g/mol. The molecule has 0 aromatic heterocycles. The molecule has 0 atom stereocenters. The molecule has 0 amide bonds. The molecule has 1 aromatic rings. The van der Waals surface area contributed by atoms with Gasteiger partial charge in [0, 0.05) is 21.7 Å². The van der Waals surface area contributed by atoms with Crippen molar-refractivity contribution in [2.24, 2.45) is 0 Å². The van der Waals surface area contributed by atoms with Crippen LogP contribution in [-0.2, 0) is 21.7 Å². The summed E-state index contributed by atoms with van der Waals surface area (Å²) in [5, 5.41) is 2.75. The van der Waals surface area contributed by atoms with Gasteiger partial charge in [-0.2, -0.15) is 6.08 Å². The summed E-state index contributed by atoms with van der Waals surface area (Å²) in [7, 11) is -1.70. The van der Waals surface area contributed by atoms with Gasteiger partial charge in [0.2, 0.25) is 0 Å². The van der Waals surface area contributed by atoms with Gasteiger partial charge < -0.3 is 4.74 Å². The van der Waals surface area contributed by atoms with Gasteiger partial charge in [-0.3, -0.25) is 6.08 Å². The summed E-state index contributed by atoms with van der Waals surface area (Å²) in [6.07, 6.45) is 8.88. The van der Waals surface area contributed by atoms with E-state index in [-0.39, 0.29) is 52.1 Å². The molecule has 0 fully saturated rings. The van der Waals surface area contributed by atoms with Crippen LogP contribution in [0.2, 0.25) is 13.1 Å². The zero-order valence-corrected chi connectivity index (χ0v) is 18.1. The molecule has 1 aliphatic carbocycles. The van der Waals surface area contributed by atoms with Crippen LogP contribution >= 0.6 is 24.8 Å². The van der Waals surface area contributed by atoms with E-state index in [0.29, 0.717) is 0 Å². The monoisotopic (exact) mass is 391 g/mol. The van der Waals surface area contributed by atoms with Crippen LogP contribution in [-0.4, -0.2) is 13.7 Å². The van der Waals surface area contributed by atoms with E-state index >= 15 is 0 Å². The van der Waals surface area contributed by atoms with Crippen molar-refractivity contribution in [3.05, 3.63) is 47.7 Å². The zero-order chi connectivity index (χ0) is 14.1. The predicted molar refractivity (Wildman–Crippen MR) is 98.9 cm³/mol. The van der Waals surface area contributed by atoms with Crippen LogP contribution in [0.5, 0.6) is 5.75 Å². The van der Waals surface area contributed by atoms with Gasteiger partial charge in [-0.25, -0.2) is 11.3 Å². The van der Waals surface area contributed by atoms with Crippen molar-refractivity contribution >= 4 is 38.1 Å². The normalized spacial score (nSPS) is 13.4. The van der Waals surface area contributed by atoms with Gasteiger partial charge in [0.1, 0.15) is 11.4 Å². The average Bonchev–Trinajstić information content (AvgIpc) is 2.81. The van der Waals surface area contributed by atoms with Crippen LogP contribution < -0.4 is 9.92 Å². The molecule has 2 rings (SSSR count). The molecule has 0 bridgehead atoms. The Bertz CT molecular complexity index is 534. The maximum Gasteiger partial charge on any atom is 0.119 e. The van der Waals surface area contributed by atoms with Crippen molar-refractivity contribution in [2.45, 2.75) is 45.9 Å². The third kappa shape index (κ3) is 5.90. The third-order valence-electron chi connectivity index (χ3n) is 3.34. The fourth-order valence-electron chi connectivity index (χ4n) is 2.38. The van der Waals surface area contributed by atoms with Crippen molar-refractivity contribution in [3.8, 4) is 5.75 Å². The first-order chi connectivity index (χ1) is 8.81. The maximum absolute atomic E-state index is 6.15. The van der Waals surface area contributed by atoms with E-state index in [2.05, 4.69) is 76.4 Å². The third-order valence-corrected chi connectivity index (χ3v) is 6.79. The molecule has 122 valence electrons. The molecule has 0 N–H and O–H groups in total. The Morgan fingerprint density at radius 2 is 1.68 bits per heavy atom. The minimum absolute atomic E-state index is 0. The summed E-state index contributed by atoms with van der Waals surface area (Å²) >= 11 is 0. The van der Waals surface area contributed by atoms with Crippen molar-refractivity contribution < 1.29 is 26.5 Å². The van der Waals surface area contributed by atoms with E-state index in [4.69, 9.17) is 4.74 Å². The molecule has 0 saturated heterocycles. The van der Waals surface area contributed by atoms with Gasteiger partial charge in [-0.15, -0.1) is 31.2 Å². The molecule has 0 saturated carbocycles.